The topological polar surface area (TPSA) is 61.4 Å². The highest BCUT2D eigenvalue weighted by Crippen LogP contribution is 2.28. The minimum Gasteiger partial charge on any atom is -0.371 e. The molecule has 0 spiro atoms. The smallest absolute Gasteiger partial charge is 0.255 e. The van der Waals surface area contributed by atoms with Crippen LogP contribution < -0.4 is 15.5 Å². The van der Waals surface area contributed by atoms with E-state index in [0.717, 1.165) is 37.2 Å². The summed E-state index contributed by atoms with van der Waals surface area (Å²) in [6.45, 7) is 2.30. The maximum absolute atomic E-state index is 13.1. The minimum absolute atomic E-state index is 0.159. The second-order valence-electron chi connectivity index (χ2n) is 7.56. The van der Waals surface area contributed by atoms with Crippen LogP contribution in [0.25, 0.3) is 0 Å². The summed E-state index contributed by atoms with van der Waals surface area (Å²) in [5.41, 5.74) is 3.57. The quantitative estimate of drug-likeness (QED) is 0.567. The van der Waals surface area contributed by atoms with Crippen LogP contribution in [0.2, 0.25) is 5.02 Å². The van der Waals surface area contributed by atoms with Crippen LogP contribution in [0.1, 0.15) is 39.1 Å². The highest BCUT2D eigenvalue weighted by molar-refractivity contribution is 6.30. The lowest BCUT2D eigenvalue weighted by atomic mass is 10.1. The number of hydrogen-bond acceptors (Lipinski definition) is 3. The summed E-state index contributed by atoms with van der Waals surface area (Å²) in [5, 5.41) is 6.46. The molecule has 1 heterocycles. The number of carbonyl (C=O) groups excluding carboxylic acids is 2. The maximum Gasteiger partial charge on any atom is 0.255 e. The zero-order chi connectivity index (χ0) is 21.6. The number of rotatable bonds is 6. The third-order valence-corrected chi connectivity index (χ3v) is 5.60. The third kappa shape index (κ3) is 5.25. The number of nitrogens with one attached hydrogen (secondary N) is 2. The zero-order valence-corrected chi connectivity index (χ0v) is 17.9. The van der Waals surface area contributed by atoms with Crippen molar-refractivity contribution in [2.45, 2.75) is 19.4 Å². The molecule has 0 radical (unpaired) electrons. The van der Waals surface area contributed by atoms with Crippen molar-refractivity contribution in [1.29, 1.82) is 0 Å². The Balaban J connectivity index is 1.55. The Labute approximate surface area is 187 Å². The fourth-order valence-corrected chi connectivity index (χ4v) is 3.83. The van der Waals surface area contributed by atoms with Crippen molar-refractivity contribution in [2.24, 2.45) is 0 Å². The van der Waals surface area contributed by atoms with Gasteiger partial charge in [0, 0.05) is 41.6 Å². The standard InChI is InChI=1S/C25H24ClN3O2/c26-20-10-8-19(9-11-20)24(30)28-21-12-13-23(29-14-4-5-15-29)22(16-21)25(31)27-17-18-6-2-1-3-7-18/h1-3,6-13,16H,4-5,14-15,17H2,(H,27,31)(H,28,30). The number of hydrogen-bond donors (Lipinski definition) is 2. The zero-order valence-electron chi connectivity index (χ0n) is 17.1. The molecule has 4 rings (SSSR count). The van der Waals surface area contributed by atoms with Crippen LogP contribution in [0, 0.1) is 0 Å². The lowest BCUT2D eigenvalue weighted by Crippen LogP contribution is -2.27. The molecule has 1 aliphatic rings. The van der Waals surface area contributed by atoms with Crippen molar-refractivity contribution < 1.29 is 9.59 Å². The number of amides is 2. The molecule has 1 saturated heterocycles. The van der Waals surface area contributed by atoms with E-state index in [-0.39, 0.29) is 11.8 Å². The Morgan fingerprint density at radius 1 is 0.871 bits per heavy atom. The number of carbonyl (C=O) groups is 2. The van der Waals surface area contributed by atoms with E-state index >= 15 is 0 Å². The van der Waals surface area contributed by atoms with Gasteiger partial charge in [-0.2, -0.15) is 0 Å². The molecule has 3 aromatic carbocycles. The van der Waals surface area contributed by atoms with E-state index in [2.05, 4.69) is 15.5 Å². The molecule has 0 atom stereocenters. The largest absolute Gasteiger partial charge is 0.371 e. The van der Waals surface area contributed by atoms with Crippen molar-refractivity contribution in [3.63, 3.8) is 0 Å². The van der Waals surface area contributed by atoms with Gasteiger partial charge in [0.05, 0.1) is 5.56 Å². The summed E-state index contributed by atoms with van der Waals surface area (Å²) >= 11 is 5.90. The van der Waals surface area contributed by atoms with Crippen molar-refractivity contribution >= 4 is 34.8 Å². The van der Waals surface area contributed by atoms with Gasteiger partial charge in [0.15, 0.2) is 0 Å². The molecular formula is C25H24ClN3O2. The summed E-state index contributed by atoms with van der Waals surface area (Å²) in [5.74, 6) is -0.408. The van der Waals surface area contributed by atoms with Crippen LogP contribution in [-0.4, -0.2) is 24.9 Å². The van der Waals surface area contributed by atoms with Gasteiger partial charge in [-0.05, 0) is 60.9 Å². The van der Waals surface area contributed by atoms with Gasteiger partial charge in [-0.15, -0.1) is 0 Å². The van der Waals surface area contributed by atoms with Crippen molar-refractivity contribution in [3.8, 4) is 0 Å². The molecule has 0 saturated carbocycles. The molecule has 2 N–H and O–H groups in total. The van der Waals surface area contributed by atoms with Crippen LogP contribution in [0.15, 0.2) is 72.8 Å². The Morgan fingerprint density at radius 2 is 1.58 bits per heavy atom. The van der Waals surface area contributed by atoms with E-state index in [1.54, 1.807) is 30.3 Å². The number of benzene rings is 3. The first-order chi connectivity index (χ1) is 15.1. The molecule has 0 aromatic heterocycles. The Bertz CT molecular complexity index is 1060. The molecule has 158 valence electrons. The normalized spacial score (nSPS) is 13.1. The summed E-state index contributed by atoms with van der Waals surface area (Å²) in [7, 11) is 0. The summed E-state index contributed by atoms with van der Waals surface area (Å²) in [6.07, 6.45) is 2.22. The number of halogens is 1. The first-order valence-electron chi connectivity index (χ1n) is 10.4. The fraction of sp³-hybridized carbons (Fsp3) is 0.200. The molecule has 3 aromatic rings. The highest BCUT2D eigenvalue weighted by Gasteiger charge is 2.20. The van der Waals surface area contributed by atoms with Crippen LogP contribution in [0.3, 0.4) is 0 Å². The fourth-order valence-electron chi connectivity index (χ4n) is 3.71. The molecule has 31 heavy (non-hydrogen) atoms. The molecule has 0 bridgehead atoms. The Hall–Kier alpha value is -3.31. The van der Waals surface area contributed by atoms with Gasteiger partial charge in [0.25, 0.3) is 11.8 Å². The Morgan fingerprint density at radius 3 is 2.29 bits per heavy atom. The first-order valence-corrected chi connectivity index (χ1v) is 10.8. The Kier molecular flexibility index (Phi) is 6.53. The van der Waals surface area contributed by atoms with E-state index in [0.29, 0.717) is 28.4 Å². The van der Waals surface area contributed by atoms with Gasteiger partial charge in [0.1, 0.15) is 0 Å². The van der Waals surface area contributed by atoms with Gasteiger partial charge in [-0.3, -0.25) is 9.59 Å². The van der Waals surface area contributed by atoms with E-state index in [4.69, 9.17) is 11.6 Å². The minimum atomic E-state index is -0.249. The van der Waals surface area contributed by atoms with E-state index < -0.39 is 0 Å². The maximum atomic E-state index is 13.1. The first kappa shape index (κ1) is 20.9. The third-order valence-electron chi connectivity index (χ3n) is 5.35. The van der Waals surface area contributed by atoms with Gasteiger partial charge in [-0.25, -0.2) is 0 Å². The van der Waals surface area contributed by atoms with Crippen LogP contribution in [-0.2, 0) is 6.54 Å². The molecule has 0 aliphatic carbocycles. The SMILES string of the molecule is O=C(Nc1ccc(N2CCCC2)c(C(=O)NCc2ccccc2)c1)c1ccc(Cl)cc1. The molecule has 2 amide bonds. The van der Waals surface area contributed by atoms with Crippen LogP contribution >= 0.6 is 11.6 Å². The average Bonchev–Trinajstić information content (AvgIpc) is 3.33. The van der Waals surface area contributed by atoms with E-state index in [1.165, 1.54) is 0 Å². The van der Waals surface area contributed by atoms with Crippen molar-refractivity contribution in [2.75, 3.05) is 23.3 Å². The summed E-state index contributed by atoms with van der Waals surface area (Å²) in [4.78, 5) is 27.9. The molecule has 1 fully saturated rings. The average molecular weight is 434 g/mol. The summed E-state index contributed by atoms with van der Waals surface area (Å²) < 4.78 is 0. The van der Waals surface area contributed by atoms with Crippen LogP contribution in [0.5, 0.6) is 0 Å². The second-order valence-corrected chi connectivity index (χ2v) is 7.99. The molecular weight excluding hydrogens is 410 g/mol. The van der Waals surface area contributed by atoms with Crippen molar-refractivity contribution in [3.05, 3.63) is 94.5 Å². The van der Waals surface area contributed by atoms with Gasteiger partial charge in [-0.1, -0.05) is 41.9 Å². The predicted molar refractivity (Wildman–Crippen MR) is 125 cm³/mol. The lowest BCUT2D eigenvalue weighted by molar-refractivity contribution is 0.0950. The molecule has 6 heteroatoms. The summed E-state index contributed by atoms with van der Waals surface area (Å²) in [6, 6.07) is 22.0. The number of nitrogens with zero attached hydrogens (tertiary/aromatic N) is 1. The molecule has 1 aliphatic heterocycles. The lowest BCUT2D eigenvalue weighted by Gasteiger charge is -2.22. The monoisotopic (exact) mass is 433 g/mol. The molecule has 5 nitrogen and oxygen atoms in total. The van der Waals surface area contributed by atoms with E-state index in [1.807, 2.05) is 42.5 Å². The van der Waals surface area contributed by atoms with Crippen molar-refractivity contribution in [1.82, 2.24) is 5.32 Å². The highest BCUT2D eigenvalue weighted by atomic mass is 35.5. The van der Waals surface area contributed by atoms with Gasteiger partial charge in [0.2, 0.25) is 0 Å². The molecule has 0 unspecified atom stereocenters. The predicted octanol–water partition coefficient (Wildman–Crippen LogP) is 5.12. The van der Waals surface area contributed by atoms with Crippen LogP contribution in [0.4, 0.5) is 11.4 Å². The van der Waals surface area contributed by atoms with Gasteiger partial charge < -0.3 is 15.5 Å². The van der Waals surface area contributed by atoms with E-state index in [9.17, 15) is 9.59 Å². The van der Waals surface area contributed by atoms with Gasteiger partial charge >= 0.3 is 0 Å². The number of anilines is 2. The second kappa shape index (κ2) is 9.67.